The molecule has 0 amide bonds. The molecule has 0 bridgehead atoms. The van der Waals surface area contributed by atoms with Gasteiger partial charge in [0.1, 0.15) is 6.61 Å². The molecule has 0 saturated heterocycles. The molecular formula is C20H17NO3. The molecule has 4 nitrogen and oxygen atoms in total. The molecule has 0 radical (unpaired) electrons. The zero-order valence-electron chi connectivity index (χ0n) is 13.3. The fraction of sp³-hybridized carbons (Fsp3) is 0.100. The van der Waals surface area contributed by atoms with Gasteiger partial charge in [0.25, 0.3) is 0 Å². The highest BCUT2D eigenvalue weighted by molar-refractivity contribution is 5.90. The van der Waals surface area contributed by atoms with E-state index in [2.05, 4.69) is 4.98 Å². The minimum atomic E-state index is -0.915. The number of carboxylic acids is 1. The molecule has 120 valence electrons. The summed E-state index contributed by atoms with van der Waals surface area (Å²) in [5.74, 6) is -0.358. The molecule has 1 heterocycles. The number of benzene rings is 2. The van der Waals surface area contributed by atoms with Gasteiger partial charge in [-0.2, -0.15) is 0 Å². The summed E-state index contributed by atoms with van der Waals surface area (Å²) in [6.45, 7) is 2.26. The lowest BCUT2D eigenvalue weighted by molar-refractivity contribution is 0.0696. The van der Waals surface area contributed by atoms with E-state index in [-0.39, 0.29) is 0 Å². The summed E-state index contributed by atoms with van der Waals surface area (Å²) in [6.07, 6.45) is 1.73. The summed E-state index contributed by atoms with van der Waals surface area (Å²) < 4.78 is 5.67. The Morgan fingerprint density at radius 2 is 1.79 bits per heavy atom. The van der Waals surface area contributed by atoms with Crippen molar-refractivity contribution in [1.29, 1.82) is 0 Å². The fourth-order valence-electron chi connectivity index (χ4n) is 2.45. The van der Waals surface area contributed by atoms with E-state index in [4.69, 9.17) is 9.84 Å². The zero-order valence-corrected chi connectivity index (χ0v) is 13.3. The number of aryl methyl sites for hydroxylation is 1. The molecule has 0 aliphatic rings. The van der Waals surface area contributed by atoms with E-state index < -0.39 is 5.97 Å². The molecule has 0 aliphatic carbocycles. The summed E-state index contributed by atoms with van der Waals surface area (Å²) in [6, 6.07) is 18.9. The number of pyridine rings is 1. The van der Waals surface area contributed by atoms with Gasteiger partial charge in [-0.3, -0.25) is 0 Å². The molecule has 0 unspecified atom stereocenters. The van der Waals surface area contributed by atoms with Crippen LogP contribution in [0.25, 0.3) is 11.1 Å². The highest BCUT2D eigenvalue weighted by Gasteiger charge is 2.08. The van der Waals surface area contributed by atoms with Crippen molar-refractivity contribution in [3.63, 3.8) is 0 Å². The summed E-state index contributed by atoms with van der Waals surface area (Å²) in [5.41, 5.74) is 3.98. The first-order valence-corrected chi connectivity index (χ1v) is 7.60. The third-order valence-corrected chi connectivity index (χ3v) is 3.76. The topological polar surface area (TPSA) is 59.4 Å². The average Bonchev–Trinajstić information content (AvgIpc) is 2.61. The number of hydrogen-bond acceptors (Lipinski definition) is 3. The Morgan fingerprint density at radius 3 is 2.42 bits per heavy atom. The van der Waals surface area contributed by atoms with Gasteiger partial charge in [0.05, 0.1) is 5.56 Å². The molecule has 24 heavy (non-hydrogen) atoms. The largest absolute Gasteiger partial charge is 0.478 e. The van der Waals surface area contributed by atoms with Crippen LogP contribution in [-0.2, 0) is 6.61 Å². The molecule has 0 fully saturated rings. The normalized spacial score (nSPS) is 10.4. The first-order valence-electron chi connectivity index (χ1n) is 7.60. The van der Waals surface area contributed by atoms with Crippen LogP contribution >= 0.6 is 0 Å². The van der Waals surface area contributed by atoms with Crippen molar-refractivity contribution < 1.29 is 14.6 Å². The number of aromatic nitrogens is 1. The summed E-state index contributed by atoms with van der Waals surface area (Å²) >= 11 is 0. The molecule has 1 aromatic heterocycles. The Bertz CT molecular complexity index is 843. The lowest BCUT2D eigenvalue weighted by atomic mass is 10.0. The zero-order chi connectivity index (χ0) is 16.9. The molecule has 0 saturated carbocycles. The first kappa shape index (κ1) is 15.7. The van der Waals surface area contributed by atoms with Crippen molar-refractivity contribution >= 4 is 5.97 Å². The summed E-state index contributed by atoms with van der Waals surface area (Å²) in [4.78, 5) is 15.4. The Hall–Kier alpha value is -3.14. The first-order chi connectivity index (χ1) is 11.6. The molecule has 0 aliphatic heterocycles. The van der Waals surface area contributed by atoms with Gasteiger partial charge in [0.2, 0.25) is 5.88 Å². The SMILES string of the molecule is Cc1cc(-c2ccc(OCc3ccccc3)nc2)ccc1C(=O)O. The van der Waals surface area contributed by atoms with Crippen LogP contribution in [-0.4, -0.2) is 16.1 Å². The average molecular weight is 319 g/mol. The van der Waals surface area contributed by atoms with E-state index in [0.29, 0.717) is 18.1 Å². The van der Waals surface area contributed by atoms with Gasteiger partial charge in [-0.1, -0.05) is 42.5 Å². The van der Waals surface area contributed by atoms with Gasteiger partial charge in [0, 0.05) is 17.8 Å². The predicted molar refractivity (Wildman–Crippen MR) is 92.1 cm³/mol. The maximum Gasteiger partial charge on any atom is 0.335 e. The van der Waals surface area contributed by atoms with Gasteiger partial charge >= 0.3 is 5.97 Å². The fourth-order valence-corrected chi connectivity index (χ4v) is 2.45. The van der Waals surface area contributed by atoms with Crippen molar-refractivity contribution in [3.8, 4) is 17.0 Å². The number of carbonyl (C=O) groups is 1. The smallest absolute Gasteiger partial charge is 0.335 e. The highest BCUT2D eigenvalue weighted by atomic mass is 16.5. The number of nitrogens with zero attached hydrogens (tertiary/aromatic N) is 1. The lowest BCUT2D eigenvalue weighted by Gasteiger charge is -2.08. The highest BCUT2D eigenvalue weighted by Crippen LogP contribution is 2.23. The van der Waals surface area contributed by atoms with Gasteiger partial charge in [-0.05, 0) is 35.7 Å². The second kappa shape index (κ2) is 6.96. The van der Waals surface area contributed by atoms with Crippen molar-refractivity contribution in [2.24, 2.45) is 0 Å². The van der Waals surface area contributed by atoms with Gasteiger partial charge in [0.15, 0.2) is 0 Å². The second-order valence-electron chi connectivity index (χ2n) is 5.49. The second-order valence-corrected chi connectivity index (χ2v) is 5.49. The van der Waals surface area contributed by atoms with E-state index in [1.165, 1.54) is 0 Å². The Balaban J connectivity index is 1.72. The van der Waals surface area contributed by atoms with Crippen LogP contribution < -0.4 is 4.74 Å². The molecular weight excluding hydrogens is 302 g/mol. The van der Waals surface area contributed by atoms with E-state index in [0.717, 1.165) is 22.3 Å². The van der Waals surface area contributed by atoms with Crippen LogP contribution in [0.15, 0.2) is 66.9 Å². The minimum Gasteiger partial charge on any atom is -0.478 e. The standard InChI is InChI=1S/C20H17NO3/c1-14-11-16(7-9-18(14)20(22)23)17-8-10-19(21-12-17)24-13-15-5-3-2-4-6-15/h2-12H,13H2,1H3,(H,22,23). The lowest BCUT2D eigenvalue weighted by Crippen LogP contribution is -1.99. The van der Waals surface area contributed by atoms with E-state index in [9.17, 15) is 4.79 Å². The van der Waals surface area contributed by atoms with Gasteiger partial charge < -0.3 is 9.84 Å². The van der Waals surface area contributed by atoms with Crippen molar-refractivity contribution in [1.82, 2.24) is 4.98 Å². The van der Waals surface area contributed by atoms with Crippen LogP contribution in [0.3, 0.4) is 0 Å². The molecule has 3 rings (SSSR count). The molecule has 1 N–H and O–H groups in total. The molecule has 3 aromatic rings. The van der Waals surface area contributed by atoms with E-state index in [1.54, 1.807) is 25.3 Å². The van der Waals surface area contributed by atoms with Crippen molar-refractivity contribution in [2.75, 3.05) is 0 Å². The van der Waals surface area contributed by atoms with E-state index in [1.807, 2.05) is 48.5 Å². The number of carboxylic acid groups (broad SMARTS) is 1. The number of ether oxygens (including phenoxy) is 1. The number of rotatable bonds is 5. The monoisotopic (exact) mass is 319 g/mol. The molecule has 4 heteroatoms. The Kier molecular flexibility index (Phi) is 4.57. The van der Waals surface area contributed by atoms with Crippen LogP contribution in [0.2, 0.25) is 0 Å². The Labute approximate surface area is 140 Å². The molecule has 0 atom stereocenters. The predicted octanol–water partition coefficient (Wildman–Crippen LogP) is 4.33. The Morgan fingerprint density at radius 1 is 1.04 bits per heavy atom. The van der Waals surface area contributed by atoms with Gasteiger partial charge in [-0.25, -0.2) is 9.78 Å². The minimum absolute atomic E-state index is 0.314. The third kappa shape index (κ3) is 3.60. The number of hydrogen-bond donors (Lipinski definition) is 1. The van der Waals surface area contributed by atoms with Crippen LogP contribution in [0.1, 0.15) is 21.5 Å². The van der Waals surface area contributed by atoms with E-state index >= 15 is 0 Å². The summed E-state index contributed by atoms with van der Waals surface area (Å²) in [5, 5.41) is 9.09. The van der Waals surface area contributed by atoms with Crippen LogP contribution in [0, 0.1) is 6.92 Å². The van der Waals surface area contributed by atoms with Crippen molar-refractivity contribution in [2.45, 2.75) is 13.5 Å². The molecule has 0 spiro atoms. The number of aromatic carboxylic acids is 1. The quantitative estimate of drug-likeness (QED) is 0.760. The van der Waals surface area contributed by atoms with Crippen LogP contribution in [0.4, 0.5) is 0 Å². The maximum atomic E-state index is 11.1. The van der Waals surface area contributed by atoms with Crippen molar-refractivity contribution in [3.05, 3.63) is 83.6 Å². The van der Waals surface area contributed by atoms with Gasteiger partial charge in [-0.15, -0.1) is 0 Å². The summed E-state index contributed by atoms with van der Waals surface area (Å²) in [7, 11) is 0. The van der Waals surface area contributed by atoms with Crippen LogP contribution in [0.5, 0.6) is 5.88 Å². The third-order valence-electron chi connectivity index (χ3n) is 3.76. The maximum absolute atomic E-state index is 11.1. The molecule has 2 aromatic carbocycles.